The van der Waals surface area contributed by atoms with E-state index in [-0.39, 0.29) is 11.9 Å². The lowest BCUT2D eigenvalue weighted by Crippen LogP contribution is -2.44. The van der Waals surface area contributed by atoms with Crippen molar-refractivity contribution in [2.75, 3.05) is 13.1 Å². The molecule has 0 aromatic carbocycles. The van der Waals surface area contributed by atoms with Gasteiger partial charge in [0.1, 0.15) is 0 Å². The number of hydrogen-bond acceptors (Lipinski definition) is 2. The Balaban J connectivity index is 2.15. The number of amides is 1. The van der Waals surface area contributed by atoms with Gasteiger partial charge in [-0.15, -0.1) is 0 Å². The third kappa shape index (κ3) is 4.79. The second-order valence-electron chi connectivity index (χ2n) is 4.57. The minimum absolute atomic E-state index is 0.0718. The van der Waals surface area contributed by atoms with Crippen molar-refractivity contribution in [1.29, 1.82) is 0 Å². The molecule has 1 amide bonds. The first-order valence-electron chi connectivity index (χ1n) is 6.40. The van der Waals surface area contributed by atoms with E-state index in [9.17, 15) is 4.79 Å². The molecule has 0 spiro atoms. The second kappa shape index (κ2) is 7.44. The lowest BCUT2D eigenvalue weighted by molar-refractivity contribution is -0.122. The molecule has 0 aliphatic heterocycles. The fraction of sp³-hybridized carbons (Fsp3) is 0.769. The Hall–Kier alpha value is -0.830. The van der Waals surface area contributed by atoms with Crippen LogP contribution in [0.4, 0.5) is 0 Å². The molecule has 2 unspecified atom stereocenters. The Morgan fingerprint density at radius 2 is 2.31 bits per heavy atom. The zero-order chi connectivity index (χ0) is 11.8. The molecule has 0 fully saturated rings. The predicted octanol–water partition coefficient (Wildman–Crippen LogP) is 1.85. The Morgan fingerprint density at radius 1 is 1.50 bits per heavy atom. The number of rotatable bonds is 6. The predicted molar refractivity (Wildman–Crippen MR) is 67.2 cm³/mol. The molecule has 2 N–H and O–H groups in total. The SMILES string of the molecule is CCCNC(=O)C(C)NCC1CC=CCC1. The topological polar surface area (TPSA) is 41.1 Å². The highest BCUT2D eigenvalue weighted by Crippen LogP contribution is 2.16. The van der Waals surface area contributed by atoms with E-state index >= 15 is 0 Å². The zero-order valence-electron chi connectivity index (χ0n) is 10.5. The van der Waals surface area contributed by atoms with Crippen LogP contribution in [0, 0.1) is 5.92 Å². The van der Waals surface area contributed by atoms with Crippen LogP contribution in [0.25, 0.3) is 0 Å². The summed E-state index contributed by atoms with van der Waals surface area (Å²) in [5.74, 6) is 0.819. The molecule has 3 nitrogen and oxygen atoms in total. The van der Waals surface area contributed by atoms with Crippen molar-refractivity contribution in [3.8, 4) is 0 Å². The van der Waals surface area contributed by atoms with Gasteiger partial charge in [0.15, 0.2) is 0 Å². The van der Waals surface area contributed by atoms with Gasteiger partial charge >= 0.3 is 0 Å². The van der Waals surface area contributed by atoms with Gasteiger partial charge in [-0.3, -0.25) is 4.79 Å². The summed E-state index contributed by atoms with van der Waals surface area (Å²) in [5, 5.41) is 6.22. The van der Waals surface area contributed by atoms with Crippen LogP contribution in [-0.2, 0) is 4.79 Å². The highest BCUT2D eigenvalue weighted by Gasteiger charge is 2.14. The van der Waals surface area contributed by atoms with Crippen LogP contribution >= 0.6 is 0 Å². The van der Waals surface area contributed by atoms with Crippen molar-refractivity contribution in [3.63, 3.8) is 0 Å². The summed E-state index contributed by atoms with van der Waals surface area (Å²) in [4.78, 5) is 11.6. The third-order valence-electron chi connectivity index (χ3n) is 3.03. The summed E-state index contributed by atoms with van der Waals surface area (Å²) in [7, 11) is 0. The Kier molecular flexibility index (Phi) is 6.16. The molecule has 0 aromatic heterocycles. The maximum atomic E-state index is 11.6. The molecule has 0 saturated heterocycles. The molecule has 0 radical (unpaired) electrons. The lowest BCUT2D eigenvalue weighted by atomic mass is 9.94. The van der Waals surface area contributed by atoms with Crippen molar-refractivity contribution >= 4 is 5.91 Å². The first-order valence-corrected chi connectivity index (χ1v) is 6.40. The normalized spacial score (nSPS) is 21.8. The van der Waals surface area contributed by atoms with Gasteiger partial charge in [-0.2, -0.15) is 0 Å². The van der Waals surface area contributed by atoms with Gasteiger partial charge in [0.2, 0.25) is 5.91 Å². The molecule has 2 atom stereocenters. The number of allylic oxidation sites excluding steroid dienone is 2. The largest absolute Gasteiger partial charge is 0.355 e. The van der Waals surface area contributed by atoms with Crippen molar-refractivity contribution in [2.24, 2.45) is 5.92 Å². The Bertz CT molecular complexity index is 238. The van der Waals surface area contributed by atoms with E-state index in [1.54, 1.807) is 0 Å². The molecule has 92 valence electrons. The van der Waals surface area contributed by atoms with Crippen molar-refractivity contribution in [1.82, 2.24) is 10.6 Å². The molecule has 1 aliphatic rings. The van der Waals surface area contributed by atoms with Gasteiger partial charge < -0.3 is 10.6 Å². The van der Waals surface area contributed by atoms with E-state index < -0.39 is 0 Å². The standard InChI is InChI=1S/C13H24N2O/c1-3-9-14-13(16)11(2)15-10-12-7-5-4-6-8-12/h4-5,11-12,15H,3,6-10H2,1-2H3,(H,14,16). The third-order valence-corrected chi connectivity index (χ3v) is 3.03. The lowest BCUT2D eigenvalue weighted by Gasteiger charge is -2.21. The Morgan fingerprint density at radius 3 is 2.94 bits per heavy atom. The summed E-state index contributed by atoms with van der Waals surface area (Å²) < 4.78 is 0. The van der Waals surface area contributed by atoms with Gasteiger partial charge in [0, 0.05) is 6.54 Å². The van der Waals surface area contributed by atoms with Crippen LogP contribution in [0.1, 0.15) is 39.5 Å². The zero-order valence-corrected chi connectivity index (χ0v) is 10.5. The number of nitrogens with one attached hydrogen (secondary N) is 2. The highest BCUT2D eigenvalue weighted by molar-refractivity contribution is 5.81. The fourth-order valence-corrected chi connectivity index (χ4v) is 1.88. The smallest absolute Gasteiger partial charge is 0.236 e. The van der Waals surface area contributed by atoms with Crippen molar-refractivity contribution < 1.29 is 4.79 Å². The van der Waals surface area contributed by atoms with E-state index in [1.807, 2.05) is 6.92 Å². The maximum absolute atomic E-state index is 11.6. The van der Waals surface area contributed by atoms with Gasteiger partial charge in [0.05, 0.1) is 6.04 Å². The fourth-order valence-electron chi connectivity index (χ4n) is 1.88. The second-order valence-corrected chi connectivity index (χ2v) is 4.57. The average Bonchev–Trinajstić information content (AvgIpc) is 2.34. The van der Waals surface area contributed by atoms with Crippen LogP contribution in [0.15, 0.2) is 12.2 Å². The van der Waals surface area contributed by atoms with Crippen LogP contribution in [0.5, 0.6) is 0 Å². The van der Waals surface area contributed by atoms with Gasteiger partial charge in [-0.05, 0) is 45.1 Å². The molecule has 1 rings (SSSR count). The molecule has 0 saturated carbocycles. The number of hydrogen-bond donors (Lipinski definition) is 2. The average molecular weight is 224 g/mol. The summed E-state index contributed by atoms with van der Waals surface area (Å²) in [6.45, 7) is 5.72. The van der Waals surface area contributed by atoms with Crippen molar-refractivity contribution in [2.45, 2.75) is 45.6 Å². The maximum Gasteiger partial charge on any atom is 0.236 e. The quantitative estimate of drug-likeness (QED) is 0.676. The Labute approximate surface area is 98.7 Å². The van der Waals surface area contributed by atoms with Crippen LogP contribution in [0.3, 0.4) is 0 Å². The van der Waals surface area contributed by atoms with Gasteiger partial charge in [-0.1, -0.05) is 19.1 Å². The summed E-state index contributed by atoms with van der Waals surface area (Å²) in [5.41, 5.74) is 0. The molecular weight excluding hydrogens is 200 g/mol. The number of carbonyl (C=O) groups excluding carboxylic acids is 1. The van der Waals surface area contributed by atoms with E-state index in [0.29, 0.717) is 5.92 Å². The molecule has 3 heteroatoms. The van der Waals surface area contributed by atoms with E-state index in [4.69, 9.17) is 0 Å². The van der Waals surface area contributed by atoms with E-state index in [1.165, 1.54) is 12.8 Å². The molecular formula is C13H24N2O. The summed E-state index contributed by atoms with van der Waals surface area (Å²) >= 11 is 0. The first-order chi connectivity index (χ1) is 7.74. The number of carbonyl (C=O) groups is 1. The van der Waals surface area contributed by atoms with E-state index in [0.717, 1.165) is 25.9 Å². The molecule has 0 bridgehead atoms. The summed E-state index contributed by atoms with van der Waals surface area (Å²) in [6.07, 6.45) is 9.06. The van der Waals surface area contributed by atoms with Gasteiger partial charge in [0.25, 0.3) is 0 Å². The molecule has 0 aromatic rings. The molecule has 1 aliphatic carbocycles. The van der Waals surface area contributed by atoms with Crippen molar-refractivity contribution in [3.05, 3.63) is 12.2 Å². The summed E-state index contributed by atoms with van der Waals surface area (Å²) in [6, 6.07) is -0.0718. The minimum atomic E-state index is -0.0718. The minimum Gasteiger partial charge on any atom is -0.355 e. The van der Waals surface area contributed by atoms with Crippen LogP contribution < -0.4 is 10.6 Å². The molecule has 16 heavy (non-hydrogen) atoms. The van der Waals surface area contributed by atoms with Crippen LogP contribution in [0.2, 0.25) is 0 Å². The van der Waals surface area contributed by atoms with Crippen LogP contribution in [-0.4, -0.2) is 25.0 Å². The highest BCUT2D eigenvalue weighted by atomic mass is 16.2. The molecule has 0 heterocycles. The van der Waals surface area contributed by atoms with E-state index in [2.05, 4.69) is 29.7 Å². The van der Waals surface area contributed by atoms with Gasteiger partial charge in [-0.25, -0.2) is 0 Å². The monoisotopic (exact) mass is 224 g/mol. The first kappa shape index (κ1) is 13.2.